The number of fused-ring (bicyclic) bond motifs is 1. The quantitative estimate of drug-likeness (QED) is 0.814. The molecule has 0 unspecified atom stereocenters. The number of hydroxylamine groups is 1. The molecule has 0 aromatic heterocycles. The summed E-state index contributed by atoms with van der Waals surface area (Å²) in [6.45, 7) is 0.139. The lowest BCUT2D eigenvalue weighted by Crippen LogP contribution is -2.26. The van der Waals surface area contributed by atoms with Crippen LogP contribution in [0.25, 0.3) is 0 Å². The van der Waals surface area contributed by atoms with Gasteiger partial charge in [0.15, 0.2) is 11.5 Å². The summed E-state index contributed by atoms with van der Waals surface area (Å²) in [6, 6.07) is 10.7. The van der Waals surface area contributed by atoms with Crippen LogP contribution in [0.15, 0.2) is 47.4 Å². The fourth-order valence-corrected chi connectivity index (χ4v) is 3.24. The Morgan fingerprint density at radius 3 is 2.68 bits per heavy atom. The molecule has 0 spiro atoms. The van der Waals surface area contributed by atoms with Gasteiger partial charge in [-0.3, -0.25) is 9.63 Å². The molecule has 8 nitrogen and oxygen atoms in total. The van der Waals surface area contributed by atoms with Crippen LogP contribution in [0.3, 0.4) is 0 Å². The predicted molar refractivity (Wildman–Crippen MR) is 88.9 cm³/mol. The summed E-state index contributed by atoms with van der Waals surface area (Å²) in [7, 11) is -1.32. The summed E-state index contributed by atoms with van der Waals surface area (Å²) in [4.78, 5) is 17.1. The third-order valence-corrected chi connectivity index (χ3v) is 5.30. The summed E-state index contributed by atoms with van der Waals surface area (Å²) in [5.41, 5.74) is 0.708. The first-order valence-electron chi connectivity index (χ1n) is 7.26. The first-order valence-corrected chi connectivity index (χ1v) is 8.70. The largest absolute Gasteiger partial charge is 0.454 e. The highest BCUT2D eigenvalue weighted by atomic mass is 32.2. The van der Waals surface area contributed by atoms with Gasteiger partial charge in [0.25, 0.3) is 15.9 Å². The van der Waals surface area contributed by atoms with Gasteiger partial charge in [0.05, 0.1) is 12.0 Å². The molecule has 1 amide bonds. The zero-order valence-corrected chi connectivity index (χ0v) is 14.4. The maximum absolute atomic E-state index is 12.4. The number of nitrogens with zero attached hydrogens (tertiary/aromatic N) is 1. The number of benzene rings is 2. The molecule has 3 rings (SSSR count). The Morgan fingerprint density at radius 2 is 1.92 bits per heavy atom. The third kappa shape index (κ3) is 3.43. The van der Waals surface area contributed by atoms with Crippen molar-refractivity contribution in [2.24, 2.45) is 0 Å². The SMILES string of the molecule is CON(C)S(=O)(=O)c1cccc(C(=O)Nc2ccc3c(c2)OCO3)c1. The second-order valence-electron chi connectivity index (χ2n) is 5.15. The zero-order chi connectivity index (χ0) is 18.0. The van der Waals surface area contributed by atoms with Crippen LogP contribution in [0.2, 0.25) is 0 Å². The van der Waals surface area contributed by atoms with Crippen LogP contribution in [-0.4, -0.2) is 39.7 Å². The molecule has 0 radical (unpaired) electrons. The van der Waals surface area contributed by atoms with Crippen molar-refractivity contribution >= 4 is 21.6 Å². The van der Waals surface area contributed by atoms with Gasteiger partial charge in [-0.25, -0.2) is 8.42 Å². The molecule has 1 aliphatic rings. The molecule has 1 heterocycles. The Kier molecular flexibility index (Phi) is 4.62. The Hall–Kier alpha value is -2.62. The molecule has 0 bridgehead atoms. The van der Waals surface area contributed by atoms with Gasteiger partial charge >= 0.3 is 0 Å². The van der Waals surface area contributed by atoms with E-state index in [1.807, 2.05) is 0 Å². The highest BCUT2D eigenvalue weighted by molar-refractivity contribution is 7.89. The van der Waals surface area contributed by atoms with Crippen molar-refractivity contribution in [2.45, 2.75) is 4.90 Å². The van der Waals surface area contributed by atoms with Crippen molar-refractivity contribution in [1.29, 1.82) is 0 Å². The van der Waals surface area contributed by atoms with Gasteiger partial charge < -0.3 is 14.8 Å². The molecule has 25 heavy (non-hydrogen) atoms. The van der Waals surface area contributed by atoms with E-state index in [1.54, 1.807) is 18.2 Å². The molecule has 0 atom stereocenters. The number of nitrogens with one attached hydrogen (secondary N) is 1. The number of ether oxygens (including phenoxy) is 2. The Balaban J connectivity index is 1.82. The number of anilines is 1. The molecule has 0 fully saturated rings. The van der Waals surface area contributed by atoms with Crippen molar-refractivity contribution in [3.05, 3.63) is 48.0 Å². The van der Waals surface area contributed by atoms with Crippen LogP contribution in [0.5, 0.6) is 11.5 Å². The molecule has 1 N–H and O–H groups in total. The average Bonchev–Trinajstić information content (AvgIpc) is 3.08. The smallest absolute Gasteiger partial charge is 0.264 e. The van der Waals surface area contributed by atoms with Gasteiger partial charge in [0.1, 0.15) is 0 Å². The lowest BCUT2D eigenvalue weighted by Gasteiger charge is -2.14. The van der Waals surface area contributed by atoms with Crippen LogP contribution < -0.4 is 14.8 Å². The fourth-order valence-electron chi connectivity index (χ4n) is 2.22. The van der Waals surface area contributed by atoms with E-state index >= 15 is 0 Å². The maximum atomic E-state index is 12.4. The minimum absolute atomic E-state index is 0.0461. The number of carbonyl (C=O) groups excluding carboxylic acids is 1. The molecule has 2 aromatic carbocycles. The van der Waals surface area contributed by atoms with Gasteiger partial charge in [0.2, 0.25) is 6.79 Å². The van der Waals surface area contributed by atoms with Crippen molar-refractivity contribution < 1.29 is 27.5 Å². The molecule has 0 saturated carbocycles. The molecule has 9 heteroatoms. The van der Waals surface area contributed by atoms with E-state index in [9.17, 15) is 13.2 Å². The second-order valence-corrected chi connectivity index (χ2v) is 7.08. The van der Waals surface area contributed by atoms with Crippen LogP contribution in [0.4, 0.5) is 5.69 Å². The van der Waals surface area contributed by atoms with Gasteiger partial charge in [-0.1, -0.05) is 10.5 Å². The number of hydrogen-bond acceptors (Lipinski definition) is 6. The Bertz CT molecular complexity index is 913. The summed E-state index contributed by atoms with van der Waals surface area (Å²) in [5.74, 6) is 0.695. The second kappa shape index (κ2) is 6.71. The number of amides is 1. The van der Waals surface area contributed by atoms with E-state index in [2.05, 4.69) is 5.32 Å². The van der Waals surface area contributed by atoms with Gasteiger partial charge in [-0.15, -0.1) is 0 Å². The van der Waals surface area contributed by atoms with E-state index in [4.69, 9.17) is 14.3 Å². The normalized spacial score (nSPS) is 13.1. The van der Waals surface area contributed by atoms with E-state index in [1.165, 1.54) is 38.4 Å². The van der Waals surface area contributed by atoms with E-state index in [0.717, 1.165) is 4.47 Å². The topological polar surface area (TPSA) is 94.2 Å². The minimum atomic E-state index is -3.83. The predicted octanol–water partition coefficient (Wildman–Crippen LogP) is 1.85. The molecule has 1 aliphatic heterocycles. The average molecular weight is 364 g/mol. The highest BCUT2D eigenvalue weighted by Crippen LogP contribution is 2.34. The third-order valence-electron chi connectivity index (χ3n) is 3.62. The minimum Gasteiger partial charge on any atom is -0.454 e. The Labute approximate surface area is 144 Å². The van der Waals surface area contributed by atoms with Crippen molar-refractivity contribution in [3.63, 3.8) is 0 Å². The standard InChI is InChI=1S/C16H16N2O6S/c1-18(22-2)25(20,21)13-5-3-4-11(8-13)16(19)17-12-6-7-14-15(9-12)24-10-23-14/h3-9H,10H2,1-2H3,(H,17,19). The van der Waals surface area contributed by atoms with E-state index in [0.29, 0.717) is 17.2 Å². The fraction of sp³-hybridized carbons (Fsp3) is 0.188. The van der Waals surface area contributed by atoms with Crippen molar-refractivity contribution in [3.8, 4) is 11.5 Å². The number of carbonyl (C=O) groups is 1. The zero-order valence-electron chi connectivity index (χ0n) is 13.6. The van der Waals surface area contributed by atoms with Gasteiger partial charge in [0, 0.05) is 24.4 Å². The van der Waals surface area contributed by atoms with Crippen LogP contribution in [-0.2, 0) is 14.9 Å². The summed E-state index contributed by atoms with van der Waals surface area (Å²) >= 11 is 0. The van der Waals surface area contributed by atoms with Crippen LogP contribution in [0, 0.1) is 0 Å². The number of hydrogen-bond donors (Lipinski definition) is 1. The van der Waals surface area contributed by atoms with E-state index in [-0.39, 0.29) is 17.3 Å². The lowest BCUT2D eigenvalue weighted by molar-refractivity contribution is -0.0258. The summed E-state index contributed by atoms with van der Waals surface area (Å²) < 4.78 is 35.7. The highest BCUT2D eigenvalue weighted by Gasteiger charge is 2.22. The molecule has 0 saturated heterocycles. The van der Waals surface area contributed by atoms with E-state index < -0.39 is 15.9 Å². The monoisotopic (exact) mass is 364 g/mol. The van der Waals surface area contributed by atoms with Gasteiger partial charge in [-0.05, 0) is 30.3 Å². The Morgan fingerprint density at radius 1 is 1.16 bits per heavy atom. The molecule has 0 aliphatic carbocycles. The maximum Gasteiger partial charge on any atom is 0.264 e. The molecule has 2 aromatic rings. The lowest BCUT2D eigenvalue weighted by atomic mass is 10.2. The summed E-state index contributed by atoms with van der Waals surface area (Å²) in [6.07, 6.45) is 0. The number of sulfonamides is 1. The number of rotatable bonds is 5. The van der Waals surface area contributed by atoms with Crippen LogP contribution in [0.1, 0.15) is 10.4 Å². The molecular formula is C16H16N2O6S. The first kappa shape index (κ1) is 17.2. The first-order chi connectivity index (χ1) is 11.9. The van der Waals surface area contributed by atoms with Gasteiger partial charge in [-0.2, -0.15) is 0 Å². The van der Waals surface area contributed by atoms with Crippen molar-refractivity contribution in [1.82, 2.24) is 4.47 Å². The summed E-state index contributed by atoms with van der Waals surface area (Å²) in [5, 5.41) is 2.70. The molecule has 132 valence electrons. The molecular weight excluding hydrogens is 348 g/mol. The van der Waals surface area contributed by atoms with Crippen LogP contribution >= 0.6 is 0 Å². The van der Waals surface area contributed by atoms with Crippen molar-refractivity contribution in [2.75, 3.05) is 26.3 Å².